The second-order valence-electron chi connectivity index (χ2n) is 3.80. The van der Waals surface area contributed by atoms with E-state index in [1.807, 2.05) is 18.3 Å². The van der Waals surface area contributed by atoms with Gasteiger partial charge in [-0.05, 0) is 12.5 Å². The molecule has 0 aromatic carbocycles. The van der Waals surface area contributed by atoms with Gasteiger partial charge in [-0.2, -0.15) is 0 Å². The predicted octanol–water partition coefficient (Wildman–Crippen LogP) is 2.47. The molecule has 0 spiro atoms. The predicted molar refractivity (Wildman–Crippen MR) is 57.3 cm³/mol. The summed E-state index contributed by atoms with van der Waals surface area (Å²) >= 11 is 0. The van der Waals surface area contributed by atoms with E-state index in [0.717, 1.165) is 24.8 Å². The number of ether oxygens (including phenoxy) is 2. The van der Waals surface area contributed by atoms with Crippen molar-refractivity contribution >= 4 is 0 Å². The summed E-state index contributed by atoms with van der Waals surface area (Å²) in [6, 6.07) is 3.95. The molecule has 0 radical (unpaired) electrons. The minimum absolute atomic E-state index is 0.524. The van der Waals surface area contributed by atoms with Crippen molar-refractivity contribution in [2.45, 2.75) is 32.0 Å². The number of pyridine rings is 1. The highest BCUT2D eigenvalue weighted by molar-refractivity contribution is 5.16. The third-order valence-corrected chi connectivity index (χ3v) is 2.71. The summed E-state index contributed by atoms with van der Waals surface area (Å²) in [5, 5.41) is 0. The van der Waals surface area contributed by atoms with Gasteiger partial charge in [-0.1, -0.05) is 19.4 Å². The lowest BCUT2D eigenvalue weighted by Gasteiger charge is -2.27. The Labute approximate surface area is 90.4 Å². The Morgan fingerprint density at radius 2 is 2.20 bits per heavy atom. The van der Waals surface area contributed by atoms with E-state index < -0.39 is 5.79 Å². The summed E-state index contributed by atoms with van der Waals surface area (Å²) in [4.78, 5) is 4.12. The minimum atomic E-state index is -0.524. The Morgan fingerprint density at radius 1 is 1.40 bits per heavy atom. The topological polar surface area (TPSA) is 31.4 Å². The fourth-order valence-corrected chi connectivity index (χ4v) is 1.91. The summed E-state index contributed by atoms with van der Waals surface area (Å²) in [7, 11) is 0. The number of aromatic nitrogens is 1. The highest BCUT2D eigenvalue weighted by Gasteiger charge is 2.37. The molecule has 0 N–H and O–H groups in total. The summed E-state index contributed by atoms with van der Waals surface area (Å²) < 4.78 is 11.5. The molecule has 0 aliphatic carbocycles. The van der Waals surface area contributed by atoms with Crippen molar-refractivity contribution in [3.05, 3.63) is 30.1 Å². The van der Waals surface area contributed by atoms with Crippen LogP contribution in [0.2, 0.25) is 0 Å². The van der Waals surface area contributed by atoms with Crippen LogP contribution in [0.5, 0.6) is 0 Å². The van der Waals surface area contributed by atoms with Crippen molar-refractivity contribution in [2.75, 3.05) is 13.2 Å². The van der Waals surface area contributed by atoms with Crippen LogP contribution in [0.15, 0.2) is 24.5 Å². The molecule has 1 aromatic heterocycles. The number of hydrogen-bond acceptors (Lipinski definition) is 3. The molecule has 0 saturated carbocycles. The molecule has 2 heterocycles. The molecule has 3 nitrogen and oxygen atoms in total. The van der Waals surface area contributed by atoms with Crippen LogP contribution in [0.3, 0.4) is 0 Å². The summed E-state index contributed by atoms with van der Waals surface area (Å²) in [6.45, 7) is 3.53. The van der Waals surface area contributed by atoms with E-state index in [4.69, 9.17) is 9.47 Å². The van der Waals surface area contributed by atoms with Gasteiger partial charge in [-0.3, -0.25) is 4.98 Å². The van der Waals surface area contributed by atoms with Gasteiger partial charge in [0, 0.05) is 24.4 Å². The molecule has 0 unspecified atom stereocenters. The molecule has 0 atom stereocenters. The van der Waals surface area contributed by atoms with Crippen LogP contribution in [0.1, 0.15) is 31.7 Å². The van der Waals surface area contributed by atoms with Gasteiger partial charge in [0.25, 0.3) is 0 Å². The number of nitrogens with zero attached hydrogens (tertiary/aromatic N) is 1. The molecule has 2 rings (SSSR count). The normalized spacial score (nSPS) is 19.3. The van der Waals surface area contributed by atoms with Crippen LogP contribution in [-0.2, 0) is 15.3 Å². The fraction of sp³-hybridized carbons (Fsp3) is 0.583. The lowest BCUT2D eigenvalue weighted by atomic mass is 10.0. The van der Waals surface area contributed by atoms with Crippen LogP contribution in [-0.4, -0.2) is 18.2 Å². The molecular formula is C12H17NO2. The van der Waals surface area contributed by atoms with Crippen LogP contribution in [0.25, 0.3) is 0 Å². The number of hydrogen-bond donors (Lipinski definition) is 0. The van der Waals surface area contributed by atoms with Gasteiger partial charge in [-0.25, -0.2) is 0 Å². The molecule has 1 aliphatic rings. The Kier molecular flexibility index (Phi) is 3.34. The molecule has 1 saturated heterocycles. The average molecular weight is 207 g/mol. The van der Waals surface area contributed by atoms with Crippen molar-refractivity contribution in [3.8, 4) is 0 Å². The number of unbranched alkanes of at least 4 members (excludes halogenated alkanes) is 1. The molecule has 1 fully saturated rings. The largest absolute Gasteiger partial charge is 0.343 e. The molecule has 0 amide bonds. The van der Waals surface area contributed by atoms with E-state index in [1.165, 1.54) is 0 Å². The van der Waals surface area contributed by atoms with Crippen molar-refractivity contribution in [1.29, 1.82) is 0 Å². The van der Waals surface area contributed by atoms with Gasteiger partial charge in [0.05, 0.1) is 13.2 Å². The monoisotopic (exact) mass is 207 g/mol. The second-order valence-corrected chi connectivity index (χ2v) is 3.80. The van der Waals surface area contributed by atoms with Crippen molar-refractivity contribution in [1.82, 2.24) is 4.98 Å². The second kappa shape index (κ2) is 4.73. The lowest BCUT2D eigenvalue weighted by molar-refractivity contribution is -0.171. The van der Waals surface area contributed by atoms with E-state index in [2.05, 4.69) is 11.9 Å². The highest BCUT2D eigenvalue weighted by atomic mass is 16.7. The fourth-order valence-electron chi connectivity index (χ4n) is 1.91. The molecule has 1 aromatic rings. The maximum absolute atomic E-state index is 5.77. The zero-order valence-electron chi connectivity index (χ0n) is 9.11. The molecule has 15 heavy (non-hydrogen) atoms. The maximum atomic E-state index is 5.77. The van der Waals surface area contributed by atoms with Gasteiger partial charge < -0.3 is 9.47 Å². The van der Waals surface area contributed by atoms with Gasteiger partial charge in [-0.15, -0.1) is 0 Å². The highest BCUT2D eigenvalue weighted by Crippen LogP contribution is 2.35. The van der Waals surface area contributed by atoms with E-state index in [1.54, 1.807) is 6.20 Å². The van der Waals surface area contributed by atoms with Crippen molar-refractivity contribution in [3.63, 3.8) is 0 Å². The Balaban J connectivity index is 2.19. The maximum Gasteiger partial charge on any atom is 0.196 e. The third-order valence-electron chi connectivity index (χ3n) is 2.71. The first kappa shape index (κ1) is 10.6. The van der Waals surface area contributed by atoms with E-state index >= 15 is 0 Å². The summed E-state index contributed by atoms with van der Waals surface area (Å²) in [5.74, 6) is -0.524. The zero-order valence-corrected chi connectivity index (χ0v) is 9.11. The molecule has 1 aliphatic heterocycles. The van der Waals surface area contributed by atoms with E-state index in [-0.39, 0.29) is 0 Å². The first-order valence-corrected chi connectivity index (χ1v) is 5.56. The van der Waals surface area contributed by atoms with Gasteiger partial charge in [0.15, 0.2) is 5.79 Å². The first-order chi connectivity index (χ1) is 7.37. The number of rotatable bonds is 4. The van der Waals surface area contributed by atoms with Crippen LogP contribution >= 0.6 is 0 Å². The van der Waals surface area contributed by atoms with E-state index in [0.29, 0.717) is 13.2 Å². The minimum Gasteiger partial charge on any atom is -0.343 e. The standard InChI is InChI=1S/C12H17NO2/c1-2-3-6-12(14-8-9-15-12)11-5-4-7-13-10-11/h4-5,7,10H,2-3,6,8-9H2,1H3. The van der Waals surface area contributed by atoms with Gasteiger partial charge in [0.2, 0.25) is 0 Å². The molecule has 3 heteroatoms. The van der Waals surface area contributed by atoms with Crippen LogP contribution in [0.4, 0.5) is 0 Å². The van der Waals surface area contributed by atoms with Gasteiger partial charge >= 0.3 is 0 Å². The third kappa shape index (κ3) is 2.19. The van der Waals surface area contributed by atoms with E-state index in [9.17, 15) is 0 Å². The Bertz CT molecular complexity index is 294. The van der Waals surface area contributed by atoms with Crippen molar-refractivity contribution in [2.24, 2.45) is 0 Å². The first-order valence-electron chi connectivity index (χ1n) is 5.56. The van der Waals surface area contributed by atoms with Crippen LogP contribution in [0, 0.1) is 0 Å². The molecule has 82 valence electrons. The smallest absolute Gasteiger partial charge is 0.196 e. The lowest BCUT2D eigenvalue weighted by Crippen LogP contribution is -2.27. The van der Waals surface area contributed by atoms with Gasteiger partial charge in [0.1, 0.15) is 0 Å². The average Bonchev–Trinajstić information content (AvgIpc) is 2.78. The quantitative estimate of drug-likeness (QED) is 0.760. The van der Waals surface area contributed by atoms with Crippen LogP contribution < -0.4 is 0 Å². The van der Waals surface area contributed by atoms with Crippen molar-refractivity contribution < 1.29 is 9.47 Å². The summed E-state index contributed by atoms with van der Waals surface area (Å²) in [6.07, 6.45) is 6.77. The Morgan fingerprint density at radius 3 is 2.80 bits per heavy atom. The molecular weight excluding hydrogens is 190 g/mol. The zero-order chi connectivity index (χ0) is 10.6. The molecule has 0 bridgehead atoms. The summed E-state index contributed by atoms with van der Waals surface area (Å²) in [5.41, 5.74) is 1.04. The SMILES string of the molecule is CCCCC1(c2cccnc2)OCCO1. The Hall–Kier alpha value is -0.930.